The fourth-order valence-corrected chi connectivity index (χ4v) is 2.95. The van der Waals surface area contributed by atoms with Crippen LogP contribution in [0.3, 0.4) is 0 Å². The summed E-state index contributed by atoms with van der Waals surface area (Å²) in [5.41, 5.74) is 0.0983. The molecule has 1 aromatic carbocycles. The molecule has 114 valence electrons. The lowest BCUT2D eigenvalue weighted by molar-refractivity contribution is 0.0651. The number of fused-ring (bicyclic) bond motifs is 1. The number of aliphatic imine (C=N–C) groups is 1. The summed E-state index contributed by atoms with van der Waals surface area (Å²) >= 11 is 3.47. The highest BCUT2D eigenvalue weighted by Crippen LogP contribution is 2.35. The van der Waals surface area contributed by atoms with Crippen molar-refractivity contribution in [2.75, 3.05) is 0 Å². The van der Waals surface area contributed by atoms with Crippen LogP contribution in [-0.4, -0.2) is 16.1 Å². The van der Waals surface area contributed by atoms with Gasteiger partial charge in [0.15, 0.2) is 0 Å². The van der Waals surface area contributed by atoms with Crippen LogP contribution < -0.4 is 10.3 Å². The molecule has 0 saturated carbocycles. The molecule has 1 aromatic heterocycles. The van der Waals surface area contributed by atoms with E-state index in [4.69, 9.17) is 9.73 Å². The Morgan fingerprint density at radius 2 is 2.00 bits per heavy atom. The maximum atomic E-state index is 12.2. The highest BCUT2D eigenvalue weighted by Gasteiger charge is 2.34. The van der Waals surface area contributed by atoms with E-state index in [1.54, 1.807) is 16.8 Å². The van der Waals surface area contributed by atoms with Crippen molar-refractivity contribution in [3.8, 4) is 5.75 Å². The summed E-state index contributed by atoms with van der Waals surface area (Å²) in [7, 11) is 0. The number of benzene rings is 1. The van der Waals surface area contributed by atoms with Gasteiger partial charge in [0.25, 0.3) is 5.56 Å². The molecule has 1 aliphatic rings. The minimum atomic E-state index is -0.620. The fourth-order valence-electron chi connectivity index (χ4n) is 2.59. The number of halogens is 1. The molecular formula is C17H17BrN2O2. The van der Waals surface area contributed by atoms with Crippen molar-refractivity contribution in [2.45, 2.75) is 32.4 Å². The van der Waals surface area contributed by atoms with Crippen LogP contribution in [0.1, 0.15) is 32.3 Å². The lowest BCUT2D eigenvalue weighted by Crippen LogP contribution is -2.41. The van der Waals surface area contributed by atoms with Gasteiger partial charge in [-0.15, -0.1) is 0 Å². The van der Waals surface area contributed by atoms with Crippen molar-refractivity contribution in [3.05, 3.63) is 63.0 Å². The van der Waals surface area contributed by atoms with Gasteiger partial charge in [0.1, 0.15) is 11.6 Å². The molecule has 4 nitrogen and oxygen atoms in total. The van der Waals surface area contributed by atoms with Gasteiger partial charge in [0.2, 0.25) is 5.72 Å². The van der Waals surface area contributed by atoms with Crippen LogP contribution in [0.4, 0.5) is 0 Å². The summed E-state index contributed by atoms with van der Waals surface area (Å²) in [5.74, 6) is 1.39. The van der Waals surface area contributed by atoms with Crippen molar-refractivity contribution >= 4 is 21.8 Å². The van der Waals surface area contributed by atoms with Crippen LogP contribution in [0.2, 0.25) is 0 Å². The second-order valence-corrected chi connectivity index (χ2v) is 6.16. The Kier molecular flexibility index (Phi) is 3.91. The average Bonchev–Trinajstić information content (AvgIpc) is 2.55. The van der Waals surface area contributed by atoms with Crippen molar-refractivity contribution in [2.24, 2.45) is 4.99 Å². The molecule has 3 rings (SSSR count). The molecule has 0 radical (unpaired) electrons. The maximum absolute atomic E-state index is 12.2. The van der Waals surface area contributed by atoms with E-state index in [-0.39, 0.29) is 5.56 Å². The molecule has 0 saturated heterocycles. The summed E-state index contributed by atoms with van der Waals surface area (Å²) in [5, 5.41) is 0. The van der Waals surface area contributed by atoms with Crippen molar-refractivity contribution in [3.63, 3.8) is 0 Å². The van der Waals surface area contributed by atoms with E-state index in [0.29, 0.717) is 5.84 Å². The van der Waals surface area contributed by atoms with Gasteiger partial charge < -0.3 is 4.74 Å². The molecule has 2 aromatic rings. The molecule has 0 unspecified atom stereocenters. The van der Waals surface area contributed by atoms with E-state index in [0.717, 1.165) is 28.6 Å². The zero-order valence-corrected chi connectivity index (χ0v) is 14.1. The molecule has 0 spiro atoms. The van der Waals surface area contributed by atoms with Crippen LogP contribution in [0, 0.1) is 0 Å². The summed E-state index contributed by atoms with van der Waals surface area (Å²) < 4.78 is 8.64. The van der Waals surface area contributed by atoms with Crippen molar-refractivity contribution in [1.29, 1.82) is 0 Å². The van der Waals surface area contributed by atoms with Gasteiger partial charge in [0, 0.05) is 29.6 Å². The van der Waals surface area contributed by atoms with Crippen LogP contribution in [0.25, 0.3) is 0 Å². The summed E-state index contributed by atoms with van der Waals surface area (Å²) in [6, 6.07) is 10.9. The quantitative estimate of drug-likeness (QED) is 0.816. The summed E-state index contributed by atoms with van der Waals surface area (Å²) in [6.07, 6.45) is 3.22. The molecule has 0 amide bonds. The van der Waals surface area contributed by atoms with E-state index in [1.165, 1.54) is 6.07 Å². The predicted octanol–water partition coefficient (Wildman–Crippen LogP) is 3.81. The number of hydrogen-bond acceptors (Lipinski definition) is 3. The summed E-state index contributed by atoms with van der Waals surface area (Å²) in [6.45, 7) is 4.09. The van der Waals surface area contributed by atoms with E-state index in [2.05, 4.69) is 15.9 Å². The lowest BCUT2D eigenvalue weighted by Gasteiger charge is -2.34. The van der Waals surface area contributed by atoms with Gasteiger partial charge in [-0.3, -0.25) is 9.36 Å². The number of rotatable bonds is 2. The zero-order valence-electron chi connectivity index (χ0n) is 12.5. The van der Waals surface area contributed by atoms with Crippen LogP contribution in [-0.2, 0) is 0 Å². The minimum Gasteiger partial charge on any atom is -0.465 e. The monoisotopic (exact) mass is 360 g/mol. The standard InChI is InChI=1S/C17H17BrN2O2/c1-3-17(4-2)19-16(20-10-6-5-7-15(20)21)13-11-12(18)8-9-14(13)22-17/h5-11H,3-4H2,1-2H3. The van der Waals surface area contributed by atoms with Gasteiger partial charge in [-0.25, -0.2) is 4.99 Å². The third-order valence-electron chi connectivity index (χ3n) is 3.95. The number of ether oxygens (including phenoxy) is 1. The normalized spacial score (nSPS) is 15.7. The number of hydrogen-bond donors (Lipinski definition) is 0. The van der Waals surface area contributed by atoms with Gasteiger partial charge >= 0.3 is 0 Å². The molecule has 2 heterocycles. The Morgan fingerprint density at radius 1 is 1.23 bits per heavy atom. The minimum absolute atomic E-state index is 0.102. The second kappa shape index (κ2) is 5.72. The first-order valence-electron chi connectivity index (χ1n) is 7.35. The Labute approximate surface area is 137 Å². The third-order valence-corrected chi connectivity index (χ3v) is 4.44. The van der Waals surface area contributed by atoms with Crippen molar-refractivity contribution < 1.29 is 4.74 Å². The smallest absolute Gasteiger partial charge is 0.256 e. The van der Waals surface area contributed by atoms with Crippen LogP contribution >= 0.6 is 15.9 Å². The fraction of sp³-hybridized carbons (Fsp3) is 0.294. The molecule has 5 heteroatoms. The highest BCUT2D eigenvalue weighted by molar-refractivity contribution is 9.10. The number of nitrogens with zero attached hydrogens (tertiary/aromatic N) is 2. The zero-order chi connectivity index (χ0) is 15.7. The number of pyridine rings is 1. The topological polar surface area (TPSA) is 43.6 Å². The molecule has 0 fully saturated rings. The van der Waals surface area contributed by atoms with Gasteiger partial charge in [-0.05, 0) is 24.3 Å². The Balaban J connectivity index is 2.28. The van der Waals surface area contributed by atoms with E-state index in [1.807, 2.05) is 38.1 Å². The molecule has 0 N–H and O–H groups in total. The van der Waals surface area contributed by atoms with Gasteiger partial charge in [-0.2, -0.15) is 0 Å². The van der Waals surface area contributed by atoms with Gasteiger partial charge in [-0.1, -0.05) is 35.8 Å². The van der Waals surface area contributed by atoms with Crippen LogP contribution in [0.15, 0.2) is 56.9 Å². The van der Waals surface area contributed by atoms with Crippen LogP contribution in [0.5, 0.6) is 5.75 Å². The first-order chi connectivity index (χ1) is 10.6. The third kappa shape index (κ3) is 2.50. The first kappa shape index (κ1) is 15.0. The van der Waals surface area contributed by atoms with E-state index in [9.17, 15) is 4.79 Å². The largest absolute Gasteiger partial charge is 0.465 e. The highest BCUT2D eigenvalue weighted by atomic mass is 79.9. The SMILES string of the molecule is CCC1(CC)N=C(n2ccccc2=O)c2cc(Br)ccc2O1. The van der Waals surface area contributed by atoms with Crippen molar-refractivity contribution in [1.82, 2.24) is 4.57 Å². The van der Waals surface area contributed by atoms with E-state index < -0.39 is 5.72 Å². The number of aromatic nitrogens is 1. The molecular weight excluding hydrogens is 344 g/mol. The summed E-state index contributed by atoms with van der Waals surface area (Å²) in [4.78, 5) is 17.0. The molecule has 0 bridgehead atoms. The molecule has 0 atom stereocenters. The maximum Gasteiger partial charge on any atom is 0.256 e. The second-order valence-electron chi connectivity index (χ2n) is 5.24. The molecule has 22 heavy (non-hydrogen) atoms. The first-order valence-corrected chi connectivity index (χ1v) is 8.15. The van der Waals surface area contributed by atoms with Gasteiger partial charge in [0.05, 0.1) is 5.56 Å². The van der Waals surface area contributed by atoms with E-state index >= 15 is 0 Å². The Hall–Kier alpha value is -1.88. The average molecular weight is 361 g/mol. The predicted molar refractivity (Wildman–Crippen MR) is 90.7 cm³/mol. The molecule has 1 aliphatic heterocycles. The lowest BCUT2D eigenvalue weighted by atomic mass is 10.0. The Morgan fingerprint density at radius 3 is 2.68 bits per heavy atom. The molecule has 0 aliphatic carbocycles. The Bertz CT molecular complexity index is 791.